The van der Waals surface area contributed by atoms with Gasteiger partial charge in [0.05, 0.1) is 51.4 Å². The maximum atomic E-state index is 14.1. The normalized spacial score (nSPS) is 16.7. The minimum absolute atomic E-state index is 0.108. The number of amides is 1. The number of likely N-dealkylation sites (N-methyl/N-ethyl adjacent to an activating group) is 1. The summed E-state index contributed by atoms with van der Waals surface area (Å²) in [7, 11) is 1.97. The van der Waals surface area contributed by atoms with Crippen LogP contribution in [0.15, 0.2) is 0 Å². The summed E-state index contributed by atoms with van der Waals surface area (Å²) >= 11 is 0. The standard InChI is InChI=1S/C59H104N2O14/c1-6-10-14-18-22-26-32-53(62)69-42-48(43-70-54(63)33-27-23-19-15-11-7-2)39-57(66)73-46-50-36-37-51(61(50)59(68)75-52-31-30-38-60(5)41-52)47-74-58(67)40-49(44-71-55(64)34-28-24-20-16-12-8-3)45-72-56(65)35-29-25-21-17-13-9-4/h48-52H,6-47H2,1-5H3/t50-,51-,52?/m0/s1. The molecule has 2 aliphatic heterocycles. The molecule has 0 aromatic carbocycles. The molecule has 1 unspecified atom stereocenters. The van der Waals surface area contributed by atoms with Crippen LogP contribution >= 0.6 is 0 Å². The smallest absolute Gasteiger partial charge is 0.410 e. The average molecular weight is 1070 g/mol. The van der Waals surface area contributed by atoms with E-state index in [1.54, 1.807) is 0 Å². The van der Waals surface area contributed by atoms with E-state index in [4.69, 9.17) is 33.2 Å². The molecule has 0 saturated carbocycles. The highest BCUT2D eigenvalue weighted by atomic mass is 16.6. The zero-order valence-corrected chi connectivity index (χ0v) is 47.7. The number of hydrogen-bond acceptors (Lipinski definition) is 15. The molecule has 75 heavy (non-hydrogen) atoms. The summed E-state index contributed by atoms with van der Waals surface area (Å²) in [6, 6.07) is -1.17. The van der Waals surface area contributed by atoms with Crippen molar-refractivity contribution in [3.05, 3.63) is 0 Å². The minimum Gasteiger partial charge on any atom is -0.465 e. The van der Waals surface area contributed by atoms with Crippen LogP contribution in [0.3, 0.4) is 0 Å². The van der Waals surface area contributed by atoms with E-state index < -0.39 is 42.0 Å². The Morgan fingerprint density at radius 3 is 1.05 bits per heavy atom. The van der Waals surface area contributed by atoms with Crippen molar-refractivity contribution < 1.29 is 66.7 Å². The second kappa shape index (κ2) is 44.1. The Kier molecular flexibility index (Phi) is 39.5. The first-order valence-corrected chi connectivity index (χ1v) is 30.0. The van der Waals surface area contributed by atoms with E-state index in [9.17, 15) is 33.6 Å². The van der Waals surface area contributed by atoms with Crippen molar-refractivity contribution in [3.8, 4) is 0 Å². The molecule has 3 atom stereocenters. The lowest BCUT2D eigenvalue weighted by Gasteiger charge is -2.34. The fraction of sp³-hybridized carbons (Fsp3) is 0.881. The fourth-order valence-corrected chi connectivity index (χ4v) is 9.64. The summed E-state index contributed by atoms with van der Waals surface area (Å²) < 4.78 is 40.1. The van der Waals surface area contributed by atoms with Gasteiger partial charge in [0.1, 0.15) is 19.3 Å². The topological polar surface area (TPSA) is 191 Å². The van der Waals surface area contributed by atoms with E-state index in [0.29, 0.717) is 51.5 Å². The largest absolute Gasteiger partial charge is 0.465 e. The van der Waals surface area contributed by atoms with Gasteiger partial charge >= 0.3 is 41.9 Å². The van der Waals surface area contributed by atoms with E-state index in [-0.39, 0.29) is 108 Å². The quantitative estimate of drug-likeness (QED) is 0.0318. The summed E-state index contributed by atoms with van der Waals surface area (Å²) in [4.78, 5) is 95.6. The van der Waals surface area contributed by atoms with Gasteiger partial charge in [-0.2, -0.15) is 0 Å². The number of unbranched alkanes of at least 4 members (excludes halogenated alkanes) is 20. The average Bonchev–Trinajstić information content (AvgIpc) is 3.81. The van der Waals surface area contributed by atoms with E-state index in [1.807, 2.05) is 7.05 Å². The van der Waals surface area contributed by atoms with Crippen molar-refractivity contribution in [1.82, 2.24) is 9.80 Å². The van der Waals surface area contributed by atoms with Crippen LogP contribution in [-0.4, -0.2) is 130 Å². The number of nitrogens with zero attached hydrogens (tertiary/aromatic N) is 2. The first-order chi connectivity index (χ1) is 36.4. The SMILES string of the molecule is CCCCCCCCC(=O)OCC(COC(=O)CCCCCCCC)CC(=O)OC[C@@H]1CC[C@@H](COC(=O)CC(COC(=O)CCCCCCCC)COC(=O)CCCCCCCC)N1C(=O)OC1CCCN(C)C1. The van der Waals surface area contributed by atoms with Crippen molar-refractivity contribution >= 4 is 41.9 Å². The molecule has 0 spiro atoms. The Bertz CT molecular complexity index is 1400. The highest BCUT2D eigenvalue weighted by molar-refractivity contribution is 5.73. The lowest BCUT2D eigenvalue weighted by atomic mass is 10.1. The molecule has 16 nitrogen and oxygen atoms in total. The Morgan fingerprint density at radius 2 is 0.733 bits per heavy atom. The number of rotatable bonds is 45. The zero-order valence-electron chi connectivity index (χ0n) is 47.7. The number of esters is 6. The number of hydrogen-bond donors (Lipinski definition) is 0. The molecular formula is C59H104N2O14. The molecule has 0 aromatic rings. The van der Waals surface area contributed by atoms with Gasteiger partial charge in [-0.25, -0.2) is 4.79 Å². The van der Waals surface area contributed by atoms with Gasteiger partial charge < -0.3 is 38.1 Å². The molecule has 2 heterocycles. The Balaban J connectivity index is 2.10. The van der Waals surface area contributed by atoms with Gasteiger partial charge in [-0.3, -0.25) is 33.7 Å². The maximum Gasteiger partial charge on any atom is 0.410 e. The van der Waals surface area contributed by atoms with Crippen molar-refractivity contribution in [2.75, 3.05) is 59.8 Å². The zero-order chi connectivity index (χ0) is 54.7. The molecule has 434 valence electrons. The lowest BCUT2D eigenvalue weighted by Crippen LogP contribution is -2.48. The second-order valence-corrected chi connectivity index (χ2v) is 21.5. The summed E-state index contributed by atoms with van der Waals surface area (Å²) in [6.07, 6.45) is 26.8. The van der Waals surface area contributed by atoms with Gasteiger partial charge in [-0.05, 0) is 65.0 Å². The van der Waals surface area contributed by atoms with E-state index in [0.717, 1.165) is 116 Å². The van der Waals surface area contributed by atoms with Gasteiger partial charge in [0, 0.05) is 44.1 Å². The van der Waals surface area contributed by atoms with E-state index in [2.05, 4.69) is 32.6 Å². The number of likely N-dealkylation sites (tertiary alicyclic amines) is 2. The third kappa shape index (κ3) is 34.4. The first-order valence-electron chi connectivity index (χ1n) is 30.0. The molecule has 0 aromatic heterocycles. The second-order valence-electron chi connectivity index (χ2n) is 21.5. The van der Waals surface area contributed by atoms with Crippen LogP contribution in [0.2, 0.25) is 0 Å². The molecule has 2 aliphatic rings. The monoisotopic (exact) mass is 1060 g/mol. The predicted octanol–water partition coefficient (Wildman–Crippen LogP) is 12.3. The third-order valence-corrected chi connectivity index (χ3v) is 14.3. The van der Waals surface area contributed by atoms with E-state index in [1.165, 1.54) is 30.6 Å². The van der Waals surface area contributed by atoms with Crippen LogP contribution in [-0.2, 0) is 61.9 Å². The van der Waals surface area contributed by atoms with Gasteiger partial charge in [0.25, 0.3) is 0 Å². The van der Waals surface area contributed by atoms with Gasteiger partial charge in [-0.15, -0.1) is 0 Å². The lowest BCUT2D eigenvalue weighted by molar-refractivity contribution is -0.156. The Hall–Kier alpha value is -3.95. The molecule has 0 radical (unpaired) electrons. The van der Waals surface area contributed by atoms with Crippen molar-refractivity contribution in [1.29, 1.82) is 0 Å². The number of carbonyl (C=O) groups is 7. The molecule has 2 fully saturated rings. The third-order valence-electron chi connectivity index (χ3n) is 14.3. The maximum absolute atomic E-state index is 14.1. The minimum atomic E-state index is -0.629. The number of ether oxygens (including phenoxy) is 7. The summed E-state index contributed by atoms with van der Waals surface area (Å²) in [5, 5.41) is 0. The van der Waals surface area contributed by atoms with E-state index >= 15 is 0 Å². The van der Waals surface area contributed by atoms with Crippen LogP contribution < -0.4 is 0 Å². The first kappa shape index (κ1) is 67.2. The molecular weight excluding hydrogens is 961 g/mol. The molecule has 0 N–H and O–H groups in total. The summed E-state index contributed by atoms with van der Waals surface area (Å²) in [5.74, 6) is -3.90. The number of piperidine rings is 1. The van der Waals surface area contributed by atoms with Gasteiger partial charge in [0.15, 0.2) is 0 Å². The van der Waals surface area contributed by atoms with Crippen molar-refractivity contribution in [3.63, 3.8) is 0 Å². The molecule has 1 amide bonds. The van der Waals surface area contributed by atoms with Crippen LogP contribution in [0.5, 0.6) is 0 Å². The fourth-order valence-electron chi connectivity index (χ4n) is 9.64. The van der Waals surface area contributed by atoms with Crippen molar-refractivity contribution in [2.24, 2.45) is 11.8 Å². The molecule has 0 bridgehead atoms. The van der Waals surface area contributed by atoms with Crippen LogP contribution in [0, 0.1) is 11.8 Å². The summed E-state index contributed by atoms with van der Waals surface area (Å²) in [5.41, 5.74) is 0. The Morgan fingerprint density at radius 1 is 0.413 bits per heavy atom. The van der Waals surface area contributed by atoms with Gasteiger partial charge in [0.2, 0.25) is 0 Å². The predicted molar refractivity (Wildman–Crippen MR) is 290 cm³/mol. The highest BCUT2D eigenvalue weighted by Crippen LogP contribution is 2.28. The van der Waals surface area contributed by atoms with Crippen LogP contribution in [0.25, 0.3) is 0 Å². The Labute approximate surface area is 452 Å². The summed E-state index contributed by atoms with van der Waals surface area (Å²) in [6.45, 7) is 9.36. The number of carbonyl (C=O) groups excluding carboxylic acids is 7. The molecule has 16 heteroatoms. The van der Waals surface area contributed by atoms with Crippen LogP contribution in [0.1, 0.15) is 246 Å². The molecule has 0 aliphatic carbocycles. The van der Waals surface area contributed by atoms with Crippen LogP contribution in [0.4, 0.5) is 4.79 Å². The molecule has 2 rings (SSSR count). The highest BCUT2D eigenvalue weighted by Gasteiger charge is 2.41. The van der Waals surface area contributed by atoms with Gasteiger partial charge in [-0.1, -0.05) is 156 Å². The molecule has 2 saturated heterocycles. The van der Waals surface area contributed by atoms with Crippen molar-refractivity contribution in [2.45, 2.75) is 264 Å².